The highest BCUT2D eigenvalue weighted by molar-refractivity contribution is 7.99. The lowest BCUT2D eigenvalue weighted by atomic mass is 10.1. The molecule has 2 rings (SSSR count). The summed E-state index contributed by atoms with van der Waals surface area (Å²) in [6.07, 6.45) is 0.595. The molecule has 0 spiro atoms. The SMILES string of the molecule is CC(C)CSc1ccccc1C(=O)NC1CCC(=O)NC1=O. The smallest absolute Gasteiger partial charge is 0.253 e. The molecular formula is C16H20N2O3S. The molecule has 1 fully saturated rings. The minimum atomic E-state index is -0.645. The Balaban J connectivity index is 2.06. The van der Waals surface area contributed by atoms with Crippen LogP contribution in [0.5, 0.6) is 0 Å². The highest BCUT2D eigenvalue weighted by atomic mass is 32.2. The summed E-state index contributed by atoms with van der Waals surface area (Å²) in [5.41, 5.74) is 0.567. The summed E-state index contributed by atoms with van der Waals surface area (Å²) in [6, 6.07) is 6.72. The van der Waals surface area contributed by atoms with Gasteiger partial charge in [-0.1, -0.05) is 26.0 Å². The maximum Gasteiger partial charge on any atom is 0.253 e. The number of nitrogens with one attached hydrogen (secondary N) is 2. The first kappa shape index (κ1) is 16.5. The molecule has 1 atom stereocenters. The van der Waals surface area contributed by atoms with Gasteiger partial charge in [0.25, 0.3) is 5.91 Å². The van der Waals surface area contributed by atoms with Crippen LogP contribution >= 0.6 is 11.8 Å². The third-order valence-electron chi connectivity index (χ3n) is 3.25. The number of thioether (sulfide) groups is 1. The largest absolute Gasteiger partial charge is 0.340 e. The van der Waals surface area contributed by atoms with Crippen molar-refractivity contribution in [2.45, 2.75) is 37.6 Å². The first-order valence-electron chi connectivity index (χ1n) is 7.33. The van der Waals surface area contributed by atoms with Crippen molar-refractivity contribution < 1.29 is 14.4 Å². The minimum absolute atomic E-state index is 0.250. The number of piperidine rings is 1. The Hall–Kier alpha value is -1.82. The van der Waals surface area contributed by atoms with Crippen LogP contribution in [0.15, 0.2) is 29.2 Å². The Bertz CT molecular complexity index is 587. The van der Waals surface area contributed by atoms with Crippen molar-refractivity contribution in [1.82, 2.24) is 10.6 Å². The van der Waals surface area contributed by atoms with Gasteiger partial charge in [-0.2, -0.15) is 0 Å². The molecular weight excluding hydrogens is 300 g/mol. The number of hydrogen-bond acceptors (Lipinski definition) is 4. The molecule has 6 heteroatoms. The molecule has 1 saturated heterocycles. The zero-order chi connectivity index (χ0) is 16.1. The van der Waals surface area contributed by atoms with E-state index in [0.29, 0.717) is 17.9 Å². The zero-order valence-corrected chi connectivity index (χ0v) is 13.5. The van der Waals surface area contributed by atoms with Crippen LogP contribution in [0.2, 0.25) is 0 Å². The third kappa shape index (κ3) is 4.34. The van der Waals surface area contributed by atoms with E-state index in [9.17, 15) is 14.4 Å². The molecule has 1 aliphatic rings. The quantitative estimate of drug-likeness (QED) is 0.642. The van der Waals surface area contributed by atoms with Gasteiger partial charge in [0.15, 0.2) is 0 Å². The summed E-state index contributed by atoms with van der Waals surface area (Å²) >= 11 is 1.63. The first-order valence-corrected chi connectivity index (χ1v) is 8.32. The molecule has 0 radical (unpaired) electrons. The maximum absolute atomic E-state index is 12.4. The number of benzene rings is 1. The van der Waals surface area contributed by atoms with Gasteiger partial charge in [-0.25, -0.2) is 0 Å². The molecule has 5 nitrogen and oxygen atoms in total. The van der Waals surface area contributed by atoms with Crippen molar-refractivity contribution in [3.63, 3.8) is 0 Å². The number of carbonyl (C=O) groups excluding carboxylic acids is 3. The fraction of sp³-hybridized carbons (Fsp3) is 0.438. The standard InChI is InChI=1S/C16H20N2O3S/c1-10(2)9-22-13-6-4-3-5-11(13)15(20)17-12-7-8-14(19)18-16(12)21/h3-6,10,12H,7-9H2,1-2H3,(H,17,20)(H,18,19,21). The van der Waals surface area contributed by atoms with Gasteiger partial charge in [-0.15, -0.1) is 11.8 Å². The van der Waals surface area contributed by atoms with Gasteiger partial charge in [-0.3, -0.25) is 19.7 Å². The second-order valence-corrected chi connectivity index (χ2v) is 6.74. The predicted molar refractivity (Wildman–Crippen MR) is 85.6 cm³/mol. The Morgan fingerprint density at radius 1 is 1.36 bits per heavy atom. The average Bonchev–Trinajstić information content (AvgIpc) is 2.48. The molecule has 1 aliphatic heterocycles. The molecule has 1 aromatic carbocycles. The molecule has 1 heterocycles. The summed E-state index contributed by atoms with van der Waals surface area (Å²) in [7, 11) is 0. The summed E-state index contributed by atoms with van der Waals surface area (Å²) in [5, 5.41) is 4.96. The van der Waals surface area contributed by atoms with Crippen LogP contribution in [0.25, 0.3) is 0 Å². The van der Waals surface area contributed by atoms with E-state index < -0.39 is 11.9 Å². The van der Waals surface area contributed by atoms with Gasteiger partial charge < -0.3 is 5.32 Å². The Labute approximate surface area is 134 Å². The fourth-order valence-corrected chi connectivity index (χ4v) is 3.11. The average molecular weight is 320 g/mol. The van der Waals surface area contributed by atoms with Crippen LogP contribution in [0.4, 0.5) is 0 Å². The van der Waals surface area contributed by atoms with Crippen LogP contribution < -0.4 is 10.6 Å². The highest BCUT2D eigenvalue weighted by Crippen LogP contribution is 2.24. The number of rotatable bonds is 5. The van der Waals surface area contributed by atoms with Gasteiger partial charge in [0.05, 0.1) is 5.56 Å². The van der Waals surface area contributed by atoms with Gasteiger partial charge in [0.2, 0.25) is 11.8 Å². The molecule has 0 aromatic heterocycles. The molecule has 3 amide bonds. The molecule has 22 heavy (non-hydrogen) atoms. The van der Waals surface area contributed by atoms with Crippen molar-refractivity contribution in [2.75, 3.05) is 5.75 Å². The van der Waals surface area contributed by atoms with Gasteiger partial charge in [-0.05, 0) is 24.5 Å². The van der Waals surface area contributed by atoms with E-state index in [0.717, 1.165) is 10.6 Å². The second kappa shape index (κ2) is 7.45. The van der Waals surface area contributed by atoms with E-state index in [4.69, 9.17) is 0 Å². The van der Waals surface area contributed by atoms with E-state index in [2.05, 4.69) is 24.5 Å². The molecule has 0 saturated carbocycles. The van der Waals surface area contributed by atoms with E-state index in [1.165, 1.54) is 0 Å². The van der Waals surface area contributed by atoms with Crippen LogP contribution in [-0.4, -0.2) is 29.5 Å². The monoisotopic (exact) mass is 320 g/mol. The molecule has 0 bridgehead atoms. The van der Waals surface area contributed by atoms with Crippen LogP contribution in [0, 0.1) is 5.92 Å². The van der Waals surface area contributed by atoms with E-state index >= 15 is 0 Å². The summed E-state index contributed by atoms with van der Waals surface area (Å²) in [4.78, 5) is 36.2. The predicted octanol–water partition coefficient (Wildman–Crippen LogP) is 1.97. The molecule has 0 aliphatic carbocycles. The maximum atomic E-state index is 12.4. The van der Waals surface area contributed by atoms with Crippen molar-refractivity contribution >= 4 is 29.5 Å². The summed E-state index contributed by atoms with van der Waals surface area (Å²) in [6.45, 7) is 4.25. The van der Waals surface area contributed by atoms with E-state index in [1.54, 1.807) is 23.9 Å². The molecule has 2 N–H and O–H groups in total. The van der Waals surface area contributed by atoms with Crippen LogP contribution in [0.3, 0.4) is 0 Å². The van der Waals surface area contributed by atoms with E-state index in [1.807, 2.05) is 12.1 Å². The highest BCUT2D eigenvalue weighted by Gasteiger charge is 2.28. The van der Waals surface area contributed by atoms with Crippen molar-refractivity contribution in [2.24, 2.45) is 5.92 Å². The first-order chi connectivity index (χ1) is 10.5. The number of amides is 3. The molecule has 1 unspecified atom stereocenters. The lowest BCUT2D eigenvalue weighted by molar-refractivity contribution is -0.134. The van der Waals surface area contributed by atoms with Crippen molar-refractivity contribution in [3.8, 4) is 0 Å². The minimum Gasteiger partial charge on any atom is -0.340 e. The summed E-state index contributed by atoms with van der Waals surface area (Å²) in [5.74, 6) is 0.445. The van der Waals surface area contributed by atoms with Gasteiger partial charge >= 0.3 is 0 Å². The zero-order valence-electron chi connectivity index (χ0n) is 12.7. The van der Waals surface area contributed by atoms with Crippen LogP contribution in [-0.2, 0) is 9.59 Å². The Morgan fingerprint density at radius 3 is 2.77 bits per heavy atom. The van der Waals surface area contributed by atoms with Gasteiger partial charge in [0, 0.05) is 17.1 Å². The second-order valence-electron chi connectivity index (χ2n) is 5.68. The van der Waals surface area contributed by atoms with Crippen molar-refractivity contribution in [1.29, 1.82) is 0 Å². The lowest BCUT2D eigenvalue weighted by Crippen LogP contribution is -2.52. The number of hydrogen-bond donors (Lipinski definition) is 2. The summed E-state index contributed by atoms with van der Waals surface area (Å²) < 4.78 is 0. The fourth-order valence-electron chi connectivity index (χ4n) is 2.10. The normalized spacial score (nSPS) is 18.2. The number of imide groups is 1. The van der Waals surface area contributed by atoms with Gasteiger partial charge in [0.1, 0.15) is 6.04 Å². The third-order valence-corrected chi connectivity index (χ3v) is 4.75. The van der Waals surface area contributed by atoms with E-state index in [-0.39, 0.29) is 18.2 Å². The lowest BCUT2D eigenvalue weighted by Gasteiger charge is -2.22. The molecule has 1 aromatic rings. The Morgan fingerprint density at radius 2 is 2.09 bits per heavy atom. The van der Waals surface area contributed by atoms with Crippen molar-refractivity contribution in [3.05, 3.63) is 29.8 Å². The molecule has 118 valence electrons. The number of carbonyl (C=O) groups is 3. The Kier molecular flexibility index (Phi) is 5.60. The van der Waals surface area contributed by atoms with Crippen LogP contribution in [0.1, 0.15) is 37.0 Å². The topological polar surface area (TPSA) is 75.3 Å².